The Morgan fingerprint density at radius 1 is 1.26 bits per heavy atom. The van der Waals surface area contributed by atoms with Gasteiger partial charge in [-0.05, 0) is 19.1 Å². The summed E-state index contributed by atoms with van der Waals surface area (Å²) in [6.45, 7) is 0.506. The average molecular weight is 512 g/mol. The molecule has 186 valence electrons. The van der Waals surface area contributed by atoms with E-state index in [1.54, 1.807) is 6.07 Å². The van der Waals surface area contributed by atoms with E-state index in [-0.39, 0.29) is 28.5 Å². The van der Waals surface area contributed by atoms with Gasteiger partial charge in [-0.15, -0.1) is 5.10 Å². The van der Waals surface area contributed by atoms with Crippen LogP contribution < -0.4 is 5.43 Å². The fourth-order valence-corrected chi connectivity index (χ4v) is 3.80. The molecule has 3 aromatic rings. The first kappa shape index (κ1) is 26.3. The summed E-state index contributed by atoms with van der Waals surface area (Å²) in [7, 11) is 0. The van der Waals surface area contributed by atoms with Crippen LogP contribution in [0.4, 0.5) is 13.2 Å². The predicted octanol–water partition coefficient (Wildman–Crippen LogP) is 0.555. The van der Waals surface area contributed by atoms with Crippen LogP contribution in [0.5, 0.6) is 0 Å². The lowest BCUT2D eigenvalue weighted by molar-refractivity contribution is -0.0972. The Balaban J connectivity index is 1.82. The highest BCUT2D eigenvalue weighted by atomic mass is 32.2. The van der Waals surface area contributed by atoms with Gasteiger partial charge in [0.05, 0.1) is 30.5 Å². The number of thioether (sulfide) groups is 1. The summed E-state index contributed by atoms with van der Waals surface area (Å²) in [4.78, 5) is 11.9. The van der Waals surface area contributed by atoms with Gasteiger partial charge in [-0.3, -0.25) is 9.89 Å². The number of nitrogens with one attached hydrogen (secondary N) is 1. The van der Waals surface area contributed by atoms with Crippen molar-refractivity contribution in [3.63, 3.8) is 0 Å². The van der Waals surface area contributed by atoms with Crippen molar-refractivity contribution in [2.75, 3.05) is 6.61 Å². The first-order valence-electron chi connectivity index (χ1n) is 9.97. The fraction of sp³-hybridized carbons (Fsp3) is 0.350. The van der Waals surface area contributed by atoms with Gasteiger partial charge in [-0.1, -0.05) is 17.0 Å². The SMILES string of the molecule is C[C@@H](O)C(CO)OC(Sc1cc(=O)c(C#N)n[nH]1)[C@@H](O)Cn1cc(-c2cc(F)c(F)c(F)c2)nn1. The lowest BCUT2D eigenvalue weighted by Gasteiger charge is -2.28. The first-order chi connectivity index (χ1) is 16.6. The number of hydrogen-bond acceptors (Lipinski definition) is 10. The third-order valence-electron chi connectivity index (χ3n) is 4.66. The lowest BCUT2D eigenvalue weighted by Crippen LogP contribution is -2.39. The Hall–Kier alpha value is -3.29. The van der Waals surface area contributed by atoms with E-state index in [1.165, 1.54) is 13.1 Å². The zero-order valence-corrected chi connectivity index (χ0v) is 18.8. The maximum atomic E-state index is 13.5. The highest BCUT2D eigenvalue weighted by Crippen LogP contribution is 2.27. The molecule has 35 heavy (non-hydrogen) atoms. The van der Waals surface area contributed by atoms with Crippen LogP contribution in [0.2, 0.25) is 0 Å². The monoisotopic (exact) mass is 512 g/mol. The van der Waals surface area contributed by atoms with Gasteiger partial charge in [0.2, 0.25) is 11.1 Å². The van der Waals surface area contributed by atoms with Crippen LogP contribution in [-0.2, 0) is 11.3 Å². The molecule has 0 bridgehead atoms. The molecular formula is C20H19F3N6O5S. The number of H-pyrrole nitrogens is 1. The number of aromatic nitrogens is 5. The van der Waals surface area contributed by atoms with Gasteiger partial charge in [-0.2, -0.15) is 10.4 Å². The van der Waals surface area contributed by atoms with Crippen LogP contribution in [-0.4, -0.2) is 70.9 Å². The number of nitrogens with zero attached hydrogens (tertiary/aromatic N) is 5. The van der Waals surface area contributed by atoms with Crippen LogP contribution in [0.3, 0.4) is 0 Å². The number of ether oxygens (including phenoxy) is 1. The summed E-state index contributed by atoms with van der Waals surface area (Å²) in [6, 6.07) is 4.17. The second kappa shape index (κ2) is 11.4. The Bertz CT molecular complexity index is 1260. The molecule has 2 aromatic heterocycles. The molecule has 0 aliphatic heterocycles. The molecule has 2 heterocycles. The van der Waals surface area contributed by atoms with Crippen molar-refractivity contribution in [2.45, 2.75) is 42.2 Å². The lowest BCUT2D eigenvalue weighted by atomic mass is 10.1. The van der Waals surface area contributed by atoms with E-state index in [0.29, 0.717) is 0 Å². The molecule has 0 aliphatic carbocycles. The minimum absolute atomic E-state index is 0.00189. The molecule has 0 amide bonds. The first-order valence-corrected chi connectivity index (χ1v) is 10.8. The van der Waals surface area contributed by atoms with Gasteiger partial charge in [0.1, 0.15) is 29.4 Å². The Labute approximate surface area is 199 Å². The van der Waals surface area contributed by atoms with Crippen molar-refractivity contribution in [1.82, 2.24) is 25.2 Å². The number of rotatable bonds is 10. The van der Waals surface area contributed by atoms with E-state index in [4.69, 9.17) is 10.00 Å². The second-order valence-corrected chi connectivity index (χ2v) is 8.43. The van der Waals surface area contributed by atoms with Crippen LogP contribution in [0, 0.1) is 28.8 Å². The highest BCUT2D eigenvalue weighted by molar-refractivity contribution is 7.99. The highest BCUT2D eigenvalue weighted by Gasteiger charge is 2.28. The number of aliphatic hydroxyl groups is 3. The second-order valence-electron chi connectivity index (χ2n) is 7.29. The molecule has 4 N–H and O–H groups in total. The predicted molar refractivity (Wildman–Crippen MR) is 114 cm³/mol. The average Bonchev–Trinajstić information content (AvgIpc) is 3.28. The number of aromatic amines is 1. The summed E-state index contributed by atoms with van der Waals surface area (Å²) in [5, 5.41) is 52.7. The van der Waals surface area contributed by atoms with Gasteiger partial charge in [0.25, 0.3) is 0 Å². The summed E-state index contributed by atoms with van der Waals surface area (Å²) in [5.74, 6) is -4.43. The van der Waals surface area contributed by atoms with Crippen LogP contribution in [0.1, 0.15) is 12.6 Å². The minimum atomic E-state index is -1.62. The van der Waals surface area contributed by atoms with Crippen molar-refractivity contribution in [3.8, 4) is 17.3 Å². The Kier molecular flexibility index (Phi) is 8.59. The molecule has 15 heteroatoms. The van der Waals surface area contributed by atoms with Crippen LogP contribution >= 0.6 is 11.8 Å². The summed E-state index contributed by atoms with van der Waals surface area (Å²) >= 11 is 0.795. The maximum Gasteiger partial charge on any atom is 0.219 e. The normalized spacial score (nSPS) is 14.8. The van der Waals surface area contributed by atoms with Crippen LogP contribution in [0.15, 0.2) is 34.2 Å². The molecule has 0 fully saturated rings. The van der Waals surface area contributed by atoms with Gasteiger partial charge >= 0.3 is 0 Å². The molecule has 0 spiro atoms. The van der Waals surface area contributed by atoms with E-state index in [9.17, 15) is 33.3 Å². The van der Waals surface area contributed by atoms with Gasteiger partial charge < -0.3 is 20.1 Å². The van der Waals surface area contributed by atoms with Crippen molar-refractivity contribution in [2.24, 2.45) is 0 Å². The number of aliphatic hydroxyl groups excluding tert-OH is 3. The largest absolute Gasteiger partial charge is 0.394 e. The van der Waals surface area contributed by atoms with E-state index in [1.807, 2.05) is 0 Å². The van der Waals surface area contributed by atoms with E-state index in [2.05, 4.69) is 20.5 Å². The number of nitriles is 1. The third kappa shape index (κ3) is 6.44. The zero-order chi connectivity index (χ0) is 25.7. The van der Waals surface area contributed by atoms with E-state index < -0.39 is 53.2 Å². The standard InChI is InChI=1S/C20H19F3N6O5S/c1-9(31)17(8-30)34-20(35-18-4-15(32)13(5-24)25-27-18)16(33)7-29-6-14(26-28-29)10-2-11(21)19(23)12(22)3-10/h2-4,6,9,16-17,20,30-31,33H,7-8H2,1H3,(H,27,32)/t9-,16+,17?,20?/m1/s1. The number of benzene rings is 1. The van der Waals surface area contributed by atoms with Crippen molar-refractivity contribution < 1.29 is 33.2 Å². The molecule has 0 saturated carbocycles. The molecule has 11 nitrogen and oxygen atoms in total. The smallest absolute Gasteiger partial charge is 0.219 e. The van der Waals surface area contributed by atoms with Crippen molar-refractivity contribution in [1.29, 1.82) is 5.26 Å². The number of halogens is 3. The molecule has 0 saturated heterocycles. The Morgan fingerprint density at radius 3 is 2.51 bits per heavy atom. The third-order valence-corrected chi connectivity index (χ3v) is 5.78. The topological polar surface area (TPSA) is 170 Å². The van der Waals surface area contributed by atoms with Gasteiger partial charge in [0, 0.05) is 11.6 Å². The Morgan fingerprint density at radius 2 is 1.94 bits per heavy atom. The molecule has 0 radical (unpaired) electrons. The molecule has 1 aromatic carbocycles. The van der Waals surface area contributed by atoms with Crippen LogP contribution in [0.25, 0.3) is 11.3 Å². The molecule has 4 atom stereocenters. The molecular weight excluding hydrogens is 493 g/mol. The molecule has 2 unspecified atom stereocenters. The zero-order valence-electron chi connectivity index (χ0n) is 18.0. The summed E-state index contributed by atoms with van der Waals surface area (Å²) in [6.07, 6.45) is -2.35. The number of hydrogen-bond donors (Lipinski definition) is 4. The quantitative estimate of drug-likeness (QED) is 0.171. The fourth-order valence-electron chi connectivity index (χ4n) is 2.83. The van der Waals surface area contributed by atoms with E-state index >= 15 is 0 Å². The van der Waals surface area contributed by atoms with Crippen molar-refractivity contribution in [3.05, 3.63) is 57.8 Å². The van der Waals surface area contributed by atoms with Gasteiger partial charge in [-0.25, -0.2) is 17.9 Å². The van der Waals surface area contributed by atoms with Gasteiger partial charge in [0.15, 0.2) is 17.5 Å². The summed E-state index contributed by atoms with van der Waals surface area (Å²) < 4.78 is 47.0. The molecule has 0 aliphatic rings. The minimum Gasteiger partial charge on any atom is -0.394 e. The summed E-state index contributed by atoms with van der Waals surface area (Å²) in [5.41, 5.74) is -2.32. The maximum absolute atomic E-state index is 13.5. The molecule has 3 rings (SSSR count). The van der Waals surface area contributed by atoms with Crippen molar-refractivity contribution >= 4 is 11.8 Å². The van der Waals surface area contributed by atoms with E-state index in [0.717, 1.165) is 34.6 Å².